The molecule has 1 heterocycles. The van der Waals surface area contributed by atoms with Crippen LogP contribution in [0.15, 0.2) is 18.2 Å². The van der Waals surface area contributed by atoms with Crippen molar-refractivity contribution in [2.45, 2.75) is 46.1 Å². The van der Waals surface area contributed by atoms with Gasteiger partial charge in [-0.3, -0.25) is 0 Å². The number of phenols is 1. The van der Waals surface area contributed by atoms with Gasteiger partial charge in [0, 0.05) is 11.5 Å². The molecule has 0 aliphatic carbocycles. The van der Waals surface area contributed by atoms with Gasteiger partial charge in [0.1, 0.15) is 11.4 Å². The van der Waals surface area contributed by atoms with E-state index in [2.05, 4.69) is 5.10 Å². The van der Waals surface area contributed by atoms with Gasteiger partial charge in [0.25, 0.3) is 0 Å². The van der Waals surface area contributed by atoms with Crippen molar-refractivity contribution < 1.29 is 14.6 Å². The van der Waals surface area contributed by atoms with Crippen LogP contribution in [0.2, 0.25) is 0 Å². The molecule has 0 saturated heterocycles. The highest BCUT2D eigenvalue weighted by atomic mass is 16.6. The maximum absolute atomic E-state index is 12.2. The van der Waals surface area contributed by atoms with E-state index in [1.807, 2.05) is 13.8 Å². The van der Waals surface area contributed by atoms with Gasteiger partial charge in [-0.2, -0.15) is 9.78 Å². The lowest BCUT2D eigenvalue weighted by Gasteiger charge is -2.19. The van der Waals surface area contributed by atoms with Gasteiger partial charge in [0.15, 0.2) is 0 Å². The van der Waals surface area contributed by atoms with Gasteiger partial charge in [0.2, 0.25) is 0 Å². The van der Waals surface area contributed by atoms with Crippen molar-refractivity contribution in [2.75, 3.05) is 0 Å². The Labute approximate surface area is 118 Å². The largest absolute Gasteiger partial charge is 0.508 e. The third-order valence-corrected chi connectivity index (χ3v) is 2.81. The minimum absolute atomic E-state index is 0.0949. The van der Waals surface area contributed by atoms with Crippen LogP contribution in [-0.4, -0.2) is 26.6 Å². The van der Waals surface area contributed by atoms with E-state index in [9.17, 15) is 9.90 Å². The van der Waals surface area contributed by atoms with Crippen LogP contribution in [0.3, 0.4) is 0 Å². The van der Waals surface area contributed by atoms with Gasteiger partial charge in [0.05, 0.1) is 11.2 Å². The fraction of sp³-hybridized carbons (Fsp3) is 0.467. The van der Waals surface area contributed by atoms with Crippen LogP contribution in [0.4, 0.5) is 4.79 Å². The van der Waals surface area contributed by atoms with Gasteiger partial charge >= 0.3 is 6.09 Å². The molecule has 1 N–H and O–H groups in total. The maximum Gasteiger partial charge on any atom is 0.435 e. The lowest BCUT2D eigenvalue weighted by Crippen LogP contribution is -2.27. The highest BCUT2D eigenvalue weighted by Gasteiger charge is 2.23. The van der Waals surface area contributed by atoms with Crippen LogP contribution in [-0.2, 0) is 4.74 Å². The van der Waals surface area contributed by atoms with Crippen LogP contribution in [0.1, 0.15) is 46.2 Å². The van der Waals surface area contributed by atoms with E-state index in [-0.39, 0.29) is 11.7 Å². The van der Waals surface area contributed by atoms with Crippen molar-refractivity contribution in [3.8, 4) is 5.75 Å². The Morgan fingerprint density at radius 3 is 2.55 bits per heavy atom. The van der Waals surface area contributed by atoms with E-state index in [4.69, 9.17) is 4.74 Å². The highest BCUT2D eigenvalue weighted by Crippen LogP contribution is 2.28. The number of phenolic OH excluding ortho intramolecular Hbond substituents is 1. The molecule has 108 valence electrons. The molecule has 0 aliphatic rings. The lowest BCUT2D eigenvalue weighted by atomic mass is 10.1. The summed E-state index contributed by atoms with van der Waals surface area (Å²) in [6.45, 7) is 9.42. The molecule has 0 fully saturated rings. The van der Waals surface area contributed by atoms with E-state index in [0.29, 0.717) is 5.52 Å². The number of hydrogen-bond acceptors (Lipinski definition) is 4. The number of ether oxygens (including phenoxy) is 1. The summed E-state index contributed by atoms with van der Waals surface area (Å²) in [5.74, 6) is 0.267. The zero-order valence-corrected chi connectivity index (χ0v) is 12.5. The molecule has 20 heavy (non-hydrogen) atoms. The van der Waals surface area contributed by atoms with Crippen molar-refractivity contribution in [3.63, 3.8) is 0 Å². The topological polar surface area (TPSA) is 64.4 Å². The smallest absolute Gasteiger partial charge is 0.435 e. The summed E-state index contributed by atoms with van der Waals surface area (Å²) < 4.78 is 6.56. The van der Waals surface area contributed by atoms with E-state index in [1.54, 1.807) is 32.9 Å². The quantitative estimate of drug-likeness (QED) is 0.863. The number of nitrogens with zero attached hydrogens (tertiary/aromatic N) is 2. The highest BCUT2D eigenvalue weighted by molar-refractivity contribution is 5.91. The first-order valence-corrected chi connectivity index (χ1v) is 6.64. The second-order valence-electron chi connectivity index (χ2n) is 6.13. The van der Waals surface area contributed by atoms with Crippen molar-refractivity contribution >= 4 is 17.0 Å². The van der Waals surface area contributed by atoms with Gasteiger partial charge in [-0.1, -0.05) is 13.8 Å². The van der Waals surface area contributed by atoms with Crippen LogP contribution < -0.4 is 0 Å². The fourth-order valence-corrected chi connectivity index (χ4v) is 2.00. The zero-order chi connectivity index (χ0) is 15.1. The van der Waals surface area contributed by atoms with Gasteiger partial charge in [-0.05, 0) is 38.8 Å². The van der Waals surface area contributed by atoms with E-state index >= 15 is 0 Å². The first kappa shape index (κ1) is 14.4. The molecule has 2 aromatic rings. The molecule has 0 bridgehead atoms. The minimum atomic E-state index is -0.593. The number of carbonyl (C=O) groups is 1. The first-order chi connectivity index (χ1) is 9.19. The molecule has 0 unspecified atom stereocenters. The second-order valence-corrected chi connectivity index (χ2v) is 6.13. The number of carbonyl (C=O) groups excluding carboxylic acids is 1. The predicted molar refractivity (Wildman–Crippen MR) is 77.1 cm³/mol. The summed E-state index contributed by atoms with van der Waals surface area (Å²) in [7, 11) is 0. The number of rotatable bonds is 1. The number of benzene rings is 1. The normalized spacial score (nSPS) is 12.1. The van der Waals surface area contributed by atoms with Crippen molar-refractivity contribution in [3.05, 3.63) is 23.9 Å². The van der Waals surface area contributed by atoms with Gasteiger partial charge in [-0.25, -0.2) is 4.79 Å². The molecular formula is C15H20N2O3. The molecular weight excluding hydrogens is 256 g/mol. The van der Waals surface area contributed by atoms with Crippen molar-refractivity contribution in [1.82, 2.24) is 9.78 Å². The van der Waals surface area contributed by atoms with E-state index in [1.165, 1.54) is 10.7 Å². The molecule has 0 radical (unpaired) electrons. The number of fused-ring (bicyclic) bond motifs is 1. The third kappa shape index (κ3) is 2.76. The molecule has 1 aromatic carbocycles. The zero-order valence-electron chi connectivity index (χ0n) is 12.5. The lowest BCUT2D eigenvalue weighted by molar-refractivity contribution is 0.0522. The van der Waals surface area contributed by atoms with Gasteiger partial charge in [-0.15, -0.1) is 0 Å². The molecule has 2 rings (SSSR count). The van der Waals surface area contributed by atoms with Crippen LogP contribution in [0, 0.1) is 0 Å². The predicted octanol–water partition coefficient (Wildman–Crippen LogP) is 3.65. The summed E-state index contributed by atoms with van der Waals surface area (Å²) in [5, 5.41) is 14.8. The minimum Gasteiger partial charge on any atom is -0.508 e. The molecule has 5 nitrogen and oxygen atoms in total. The molecule has 0 amide bonds. The molecule has 0 atom stereocenters. The fourth-order valence-electron chi connectivity index (χ4n) is 2.00. The van der Waals surface area contributed by atoms with Crippen LogP contribution in [0.5, 0.6) is 5.75 Å². The summed E-state index contributed by atoms with van der Waals surface area (Å²) in [6.07, 6.45) is -0.542. The molecule has 0 aliphatic heterocycles. The van der Waals surface area contributed by atoms with Crippen LogP contribution >= 0.6 is 0 Å². The average molecular weight is 276 g/mol. The Balaban J connectivity index is 2.58. The first-order valence-electron chi connectivity index (χ1n) is 6.64. The summed E-state index contributed by atoms with van der Waals surface area (Å²) in [4.78, 5) is 12.2. The Kier molecular flexibility index (Phi) is 3.46. The monoisotopic (exact) mass is 276 g/mol. The maximum atomic E-state index is 12.2. The Bertz CT molecular complexity index is 651. The summed E-state index contributed by atoms with van der Waals surface area (Å²) >= 11 is 0. The number of aromatic hydroxyl groups is 1. The molecule has 5 heteroatoms. The Morgan fingerprint density at radius 2 is 2.00 bits per heavy atom. The van der Waals surface area contributed by atoms with Crippen molar-refractivity contribution in [1.29, 1.82) is 0 Å². The summed E-state index contributed by atoms with van der Waals surface area (Å²) in [6, 6.07) is 4.89. The molecule has 0 spiro atoms. The number of aromatic nitrogens is 2. The van der Waals surface area contributed by atoms with E-state index in [0.717, 1.165) is 11.1 Å². The van der Waals surface area contributed by atoms with E-state index < -0.39 is 11.7 Å². The third-order valence-electron chi connectivity index (χ3n) is 2.81. The van der Waals surface area contributed by atoms with Gasteiger partial charge < -0.3 is 9.84 Å². The average Bonchev–Trinajstić information content (AvgIpc) is 2.65. The molecule has 0 saturated carbocycles. The Morgan fingerprint density at radius 1 is 1.35 bits per heavy atom. The Hall–Kier alpha value is -2.04. The standard InChI is InChI=1S/C15H20N2O3/c1-9(2)13-11-7-6-10(18)8-12(11)17(16-13)14(19)20-15(3,4)5/h6-9,18H,1-5H3. The second kappa shape index (κ2) is 4.81. The SMILES string of the molecule is CC(C)c1nn(C(=O)OC(C)(C)C)c2cc(O)ccc12. The van der Waals surface area contributed by atoms with Crippen molar-refractivity contribution in [2.24, 2.45) is 0 Å². The molecule has 1 aromatic heterocycles. The summed E-state index contributed by atoms with van der Waals surface area (Å²) in [5.41, 5.74) is 0.776. The number of hydrogen-bond donors (Lipinski definition) is 1. The van der Waals surface area contributed by atoms with Crippen LogP contribution in [0.25, 0.3) is 10.9 Å².